The van der Waals surface area contributed by atoms with Crippen molar-refractivity contribution in [1.82, 2.24) is 9.97 Å². The highest BCUT2D eigenvalue weighted by Crippen LogP contribution is 2.22. The number of piperazine rings is 1. The molecule has 1 N–H and O–H groups in total. The van der Waals surface area contributed by atoms with Gasteiger partial charge in [-0.2, -0.15) is 4.98 Å². The number of halogens is 1. The van der Waals surface area contributed by atoms with Crippen molar-refractivity contribution < 1.29 is 4.39 Å². The van der Waals surface area contributed by atoms with Crippen LogP contribution in [0.3, 0.4) is 0 Å². The average Bonchev–Trinajstić information content (AvgIpc) is 2.62. The minimum Gasteiger partial charge on any atom is -0.366 e. The summed E-state index contributed by atoms with van der Waals surface area (Å²) in [7, 11) is 0. The van der Waals surface area contributed by atoms with Crippen LogP contribution in [0.5, 0.6) is 0 Å². The van der Waals surface area contributed by atoms with Crippen molar-refractivity contribution in [2.45, 2.75) is 26.7 Å². The van der Waals surface area contributed by atoms with Crippen molar-refractivity contribution in [2.75, 3.05) is 47.8 Å². The van der Waals surface area contributed by atoms with Crippen LogP contribution in [-0.4, -0.2) is 42.7 Å². The lowest BCUT2D eigenvalue weighted by Gasteiger charge is -2.37. The molecule has 3 rings (SSSR count). The molecule has 1 fully saturated rings. The first kappa shape index (κ1) is 17.5. The molecule has 1 aromatic carbocycles. The standard InChI is InChI=1S/C19H26FN5/c1-3-4-9-21-19-22-15(2)14-18(23-19)25-12-10-24(11-13-25)17-8-6-5-7-16(17)20/h5-8,14H,3-4,9-13H2,1-2H3,(H,21,22,23). The minimum absolute atomic E-state index is 0.156. The van der Waals surface area contributed by atoms with E-state index in [4.69, 9.17) is 0 Å². The molecule has 2 heterocycles. The predicted molar refractivity (Wildman–Crippen MR) is 101 cm³/mol. The first-order valence-corrected chi connectivity index (χ1v) is 9.01. The summed E-state index contributed by atoms with van der Waals surface area (Å²) in [5.74, 6) is 1.48. The number of hydrogen-bond donors (Lipinski definition) is 1. The summed E-state index contributed by atoms with van der Waals surface area (Å²) in [6.07, 6.45) is 2.25. The third-order valence-corrected chi connectivity index (χ3v) is 4.45. The molecule has 25 heavy (non-hydrogen) atoms. The number of unbranched alkanes of at least 4 members (excludes halogenated alkanes) is 1. The zero-order valence-electron chi connectivity index (χ0n) is 15.0. The van der Waals surface area contributed by atoms with Crippen molar-refractivity contribution in [3.05, 3.63) is 41.8 Å². The van der Waals surface area contributed by atoms with Crippen molar-refractivity contribution in [3.63, 3.8) is 0 Å². The maximum absolute atomic E-state index is 14.0. The van der Waals surface area contributed by atoms with E-state index in [2.05, 4.69) is 32.0 Å². The van der Waals surface area contributed by atoms with E-state index in [1.807, 2.05) is 25.1 Å². The highest BCUT2D eigenvalue weighted by atomic mass is 19.1. The second-order valence-corrected chi connectivity index (χ2v) is 6.40. The van der Waals surface area contributed by atoms with Crippen molar-refractivity contribution in [3.8, 4) is 0 Å². The Morgan fingerprint density at radius 2 is 1.80 bits per heavy atom. The summed E-state index contributed by atoms with van der Waals surface area (Å²) in [5.41, 5.74) is 1.64. The number of nitrogens with one attached hydrogen (secondary N) is 1. The Bertz CT molecular complexity index is 698. The van der Waals surface area contributed by atoms with Gasteiger partial charge in [-0.3, -0.25) is 0 Å². The molecular formula is C19H26FN5. The molecule has 0 atom stereocenters. The molecule has 0 bridgehead atoms. The number of aromatic nitrogens is 2. The van der Waals surface area contributed by atoms with E-state index in [0.29, 0.717) is 11.6 Å². The molecular weight excluding hydrogens is 317 g/mol. The molecule has 1 aliphatic heterocycles. The molecule has 1 saturated heterocycles. The lowest BCUT2D eigenvalue weighted by molar-refractivity contribution is 0.596. The van der Waals surface area contributed by atoms with Gasteiger partial charge in [-0.05, 0) is 25.5 Å². The summed E-state index contributed by atoms with van der Waals surface area (Å²) in [5, 5.41) is 3.30. The van der Waals surface area contributed by atoms with Gasteiger partial charge in [0.2, 0.25) is 5.95 Å². The van der Waals surface area contributed by atoms with E-state index >= 15 is 0 Å². The van der Waals surface area contributed by atoms with Crippen LogP contribution in [0, 0.1) is 12.7 Å². The van der Waals surface area contributed by atoms with Crippen LogP contribution < -0.4 is 15.1 Å². The smallest absolute Gasteiger partial charge is 0.224 e. The lowest BCUT2D eigenvalue weighted by atomic mass is 10.2. The maximum Gasteiger partial charge on any atom is 0.224 e. The summed E-state index contributed by atoms with van der Waals surface area (Å²) >= 11 is 0. The Labute approximate surface area is 148 Å². The average molecular weight is 343 g/mol. The van der Waals surface area contributed by atoms with Gasteiger partial charge in [-0.25, -0.2) is 9.37 Å². The van der Waals surface area contributed by atoms with Crippen molar-refractivity contribution in [1.29, 1.82) is 0 Å². The molecule has 0 unspecified atom stereocenters. The van der Waals surface area contributed by atoms with E-state index in [-0.39, 0.29) is 5.82 Å². The van der Waals surface area contributed by atoms with Gasteiger partial charge in [0.05, 0.1) is 5.69 Å². The lowest BCUT2D eigenvalue weighted by Crippen LogP contribution is -2.47. The Hall–Kier alpha value is -2.37. The summed E-state index contributed by atoms with van der Waals surface area (Å²) in [6.45, 7) is 8.25. The van der Waals surface area contributed by atoms with Gasteiger partial charge >= 0.3 is 0 Å². The topological polar surface area (TPSA) is 44.3 Å². The van der Waals surface area contributed by atoms with Crippen LogP contribution >= 0.6 is 0 Å². The zero-order chi connectivity index (χ0) is 17.6. The zero-order valence-corrected chi connectivity index (χ0v) is 15.0. The van der Waals surface area contributed by atoms with E-state index in [1.54, 1.807) is 6.07 Å². The van der Waals surface area contributed by atoms with Gasteiger partial charge in [0, 0.05) is 44.5 Å². The van der Waals surface area contributed by atoms with Gasteiger partial charge in [0.25, 0.3) is 0 Å². The molecule has 1 aliphatic rings. The highest BCUT2D eigenvalue weighted by Gasteiger charge is 2.20. The number of benzene rings is 1. The first-order valence-electron chi connectivity index (χ1n) is 9.01. The molecule has 134 valence electrons. The second kappa shape index (κ2) is 8.14. The molecule has 5 nitrogen and oxygen atoms in total. The van der Waals surface area contributed by atoms with Gasteiger partial charge in [-0.15, -0.1) is 0 Å². The van der Waals surface area contributed by atoms with E-state index < -0.39 is 0 Å². The fourth-order valence-electron chi connectivity index (χ4n) is 3.05. The number of nitrogens with zero attached hydrogens (tertiary/aromatic N) is 4. The molecule has 0 amide bonds. The highest BCUT2D eigenvalue weighted by molar-refractivity contribution is 5.51. The number of para-hydroxylation sites is 1. The van der Waals surface area contributed by atoms with Gasteiger partial charge < -0.3 is 15.1 Å². The van der Waals surface area contributed by atoms with E-state index in [9.17, 15) is 4.39 Å². The minimum atomic E-state index is -0.156. The fraction of sp³-hybridized carbons (Fsp3) is 0.474. The molecule has 0 saturated carbocycles. The van der Waals surface area contributed by atoms with Gasteiger partial charge in [-0.1, -0.05) is 25.5 Å². The van der Waals surface area contributed by atoms with E-state index in [0.717, 1.165) is 57.1 Å². The third kappa shape index (κ3) is 4.38. The van der Waals surface area contributed by atoms with Crippen molar-refractivity contribution >= 4 is 17.5 Å². The molecule has 0 spiro atoms. The van der Waals surface area contributed by atoms with Gasteiger partial charge in [0.15, 0.2) is 0 Å². The number of rotatable bonds is 6. The molecule has 0 radical (unpaired) electrons. The summed E-state index contributed by atoms with van der Waals surface area (Å²) < 4.78 is 14.0. The van der Waals surface area contributed by atoms with Crippen LogP contribution in [0.15, 0.2) is 30.3 Å². The molecule has 0 aliphatic carbocycles. The number of aryl methyl sites for hydroxylation is 1. The predicted octanol–water partition coefficient (Wildman–Crippen LogP) is 3.46. The van der Waals surface area contributed by atoms with E-state index in [1.165, 1.54) is 6.07 Å². The third-order valence-electron chi connectivity index (χ3n) is 4.45. The van der Waals surface area contributed by atoms with Crippen LogP contribution in [0.2, 0.25) is 0 Å². The Balaban J connectivity index is 1.65. The summed E-state index contributed by atoms with van der Waals surface area (Å²) in [6, 6.07) is 8.99. The number of hydrogen-bond acceptors (Lipinski definition) is 5. The Kier molecular flexibility index (Phi) is 5.68. The Morgan fingerprint density at radius 3 is 2.52 bits per heavy atom. The second-order valence-electron chi connectivity index (χ2n) is 6.40. The first-order chi connectivity index (χ1) is 12.2. The molecule has 6 heteroatoms. The van der Waals surface area contributed by atoms with Crippen molar-refractivity contribution in [2.24, 2.45) is 0 Å². The quantitative estimate of drug-likeness (QED) is 0.814. The fourth-order valence-corrected chi connectivity index (χ4v) is 3.05. The summed E-state index contributed by atoms with van der Waals surface area (Å²) in [4.78, 5) is 13.5. The normalized spacial score (nSPS) is 14.7. The SMILES string of the molecule is CCCCNc1nc(C)cc(N2CCN(c3ccccc3F)CC2)n1. The molecule has 1 aromatic heterocycles. The Morgan fingerprint density at radius 1 is 1.08 bits per heavy atom. The monoisotopic (exact) mass is 343 g/mol. The van der Waals surface area contributed by atoms with Crippen LogP contribution in [-0.2, 0) is 0 Å². The van der Waals surface area contributed by atoms with Gasteiger partial charge in [0.1, 0.15) is 11.6 Å². The van der Waals surface area contributed by atoms with Crippen LogP contribution in [0.25, 0.3) is 0 Å². The maximum atomic E-state index is 14.0. The van der Waals surface area contributed by atoms with Crippen LogP contribution in [0.4, 0.5) is 21.8 Å². The largest absolute Gasteiger partial charge is 0.366 e. The number of anilines is 3. The molecule has 2 aromatic rings. The van der Waals surface area contributed by atoms with Crippen LogP contribution in [0.1, 0.15) is 25.5 Å².